The number of amides is 4. The van der Waals surface area contributed by atoms with Crippen molar-refractivity contribution < 1.29 is 23.5 Å². The van der Waals surface area contributed by atoms with Gasteiger partial charge in [-0.05, 0) is 35.4 Å². The summed E-state index contributed by atoms with van der Waals surface area (Å²) in [5.41, 5.74) is 0.153. The molecule has 1 aromatic heterocycles. The minimum absolute atomic E-state index is 0.185. The number of benzene rings is 1. The maximum absolute atomic E-state index is 13.6. The van der Waals surface area contributed by atoms with Crippen LogP contribution in [-0.2, 0) is 9.59 Å². The smallest absolute Gasteiger partial charge is 0.328 e. The van der Waals surface area contributed by atoms with E-state index in [1.54, 1.807) is 12.1 Å². The van der Waals surface area contributed by atoms with E-state index in [0.29, 0.717) is 5.56 Å². The third-order valence-corrected chi connectivity index (χ3v) is 3.19. The van der Waals surface area contributed by atoms with E-state index in [4.69, 9.17) is 16.3 Å². The number of rotatable bonds is 3. The van der Waals surface area contributed by atoms with E-state index in [1.165, 1.54) is 18.2 Å². The second-order valence-corrected chi connectivity index (χ2v) is 5.10. The lowest BCUT2D eigenvalue weighted by Crippen LogP contribution is -2.51. The number of halogens is 2. The standard InChI is InChI=1S/C15H8ClFN4O4/c16-14-18-6-10(17)13(21-14)25-8-3-1-2-7(4-8)5-9-11(22)19-15(24)20-12(9)23/h1-6H,(H2,19,20,22,23,24). The first kappa shape index (κ1) is 16.5. The molecule has 1 fully saturated rings. The zero-order valence-corrected chi connectivity index (χ0v) is 13.0. The Morgan fingerprint density at radius 2 is 1.88 bits per heavy atom. The van der Waals surface area contributed by atoms with E-state index in [0.717, 1.165) is 6.20 Å². The van der Waals surface area contributed by atoms with Gasteiger partial charge in [-0.2, -0.15) is 9.37 Å². The molecule has 2 aromatic rings. The van der Waals surface area contributed by atoms with Gasteiger partial charge in [0.15, 0.2) is 0 Å². The van der Waals surface area contributed by atoms with Gasteiger partial charge in [0.2, 0.25) is 11.1 Å². The number of carbonyl (C=O) groups is 3. The molecule has 1 aliphatic rings. The molecule has 0 unspecified atom stereocenters. The van der Waals surface area contributed by atoms with Gasteiger partial charge in [0.05, 0.1) is 6.20 Å². The topological polar surface area (TPSA) is 110 Å². The molecule has 8 nitrogen and oxygen atoms in total. The third kappa shape index (κ3) is 3.78. The Kier molecular flexibility index (Phi) is 4.40. The van der Waals surface area contributed by atoms with Crippen molar-refractivity contribution in [3.05, 3.63) is 52.7 Å². The average molecular weight is 363 g/mol. The molecule has 3 rings (SSSR count). The van der Waals surface area contributed by atoms with E-state index in [2.05, 4.69) is 9.97 Å². The molecule has 2 N–H and O–H groups in total. The molecular weight excluding hydrogens is 355 g/mol. The Morgan fingerprint density at radius 1 is 1.16 bits per heavy atom. The van der Waals surface area contributed by atoms with E-state index in [-0.39, 0.29) is 22.5 Å². The fraction of sp³-hybridized carbons (Fsp3) is 0. The number of hydrogen-bond acceptors (Lipinski definition) is 6. The molecule has 1 saturated heterocycles. The Bertz CT molecular complexity index is 909. The van der Waals surface area contributed by atoms with Crippen molar-refractivity contribution in [2.75, 3.05) is 0 Å². The normalized spacial score (nSPS) is 14.0. The van der Waals surface area contributed by atoms with Crippen LogP contribution in [-0.4, -0.2) is 27.8 Å². The minimum Gasteiger partial charge on any atom is -0.436 e. The molecule has 0 radical (unpaired) electrons. The monoisotopic (exact) mass is 362 g/mol. The summed E-state index contributed by atoms with van der Waals surface area (Å²) in [5, 5.41) is 3.73. The second-order valence-electron chi connectivity index (χ2n) is 4.76. The number of imide groups is 2. The van der Waals surface area contributed by atoms with Crippen LogP contribution >= 0.6 is 11.6 Å². The lowest BCUT2D eigenvalue weighted by atomic mass is 10.1. The van der Waals surface area contributed by atoms with Gasteiger partial charge < -0.3 is 4.74 Å². The van der Waals surface area contributed by atoms with Gasteiger partial charge in [0.1, 0.15) is 11.3 Å². The SMILES string of the molecule is O=C1NC(=O)C(=Cc2cccc(Oc3nc(Cl)ncc3F)c2)C(=O)N1. The van der Waals surface area contributed by atoms with Gasteiger partial charge in [0, 0.05) is 0 Å². The van der Waals surface area contributed by atoms with Crippen molar-refractivity contribution in [1.29, 1.82) is 0 Å². The van der Waals surface area contributed by atoms with Gasteiger partial charge in [-0.1, -0.05) is 12.1 Å². The van der Waals surface area contributed by atoms with Crippen molar-refractivity contribution in [2.24, 2.45) is 0 Å². The number of hydrogen-bond donors (Lipinski definition) is 2. The van der Waals surface area contributed by atoms with Crippen LogP contribution in [0, 0.1) is 5.82 Å². The molecule has 0 bridgehead atoms. The summed E-state index contributed by atoms with van der Waals surface area (Å²) in [6.07, 6.45) is 2.12. The van der Waals surface area contributed by atoms with Crippen LogP contribution in [0.3, 0.4) is 0 Å². The highest BCUT2D eigenvalue weighted by Gasteiger charge is 2.27. The number of aromatic nitrogens is 2. The lowest BCUT2D eigenvalue weighted by Gasteiger charge is -2.14. The number of nitrogens with one attached hydrogen (secondary N) is 2. The van der Waals surface area contributed by atoms with Gasteiger partial charge in [-0.3, -0.25) is 20.2 Å². The Labute approximate surface area is 144 Å². The molecule has 25 heavy (non-hydrogen) atoms. The molecule has 1 aromatic carbocycles. The fourth-order valence-corrected chi connectivity index (χ4v) is 2.08. The van der Waals surface area contributed by atoms with E-state index < -0.39 is 23.7 Å². The Balaban J connectivity index is 1.88. The minimum atomic E-state index is -0.889. The molecule has 4 amide bonds. The first-order chi connectivity index (χ1) is 11.9. The Hall–Kier alpha value is -3.33. The summed E-state index contributed by atoms with van der Waals surface area (Å²) in [6, 6.07) is 5.22. The van der Waals surface area contributed by atoms with Crippen LogP contribution in [0.4, 0.5) is 9.18 Å². The van der Waals surface area contributed by atoms with Crippen LogP contribution in [0.2, 0.25) is 5.28 Å². The van der Waals surface area contributed by atoms with Crippen LogP contribution < -0.4 is 15.4 Å². The highest BCUT2D eigenvalue weighted by molar-refractivity contribution is 6.31. The molecule has 0 atom stereocenters. The van der Waals surface area contributed by atoms with Crippen molar-refractivity contribution in [3.63, 3.8) is 0 Å². The zero-order chi connectivity index (χ0) is 18.0. The van der Waals surface area contributed by atoms with Gasteiger partial charge in [-0.25, -0.2) is 9.78 Å². The van der Waals surface area contributed by atoms with Crippen molar-refractivity contribution >= 4 is 35.5 Å². The lowest BCUT2D eigenvalue weighted by molar-refractivity contribution is -0.123. The molecular formula is C15H8ClFN4O4. The second kappa shape index (κ2) is 6.65. The predicted octanol–water partition coefficient (Wildman–Crippen LogP) is 1.81. The number of urea groups is 1. The van der Waals surface area contributed by atoms with E-state index >= 15 is 0 Å². The molecule has 0 spiro atoms. The summed E-state index contributed by atoms with van der Waals surface area (Å²) < 4.78 is 18.9. The Morgan fingerprint density at radius 3 is 2.60 bits per heavy atom. The van der Waals surface area contributed by atoms with Crippen LogP contribution in [0.1, 0.15) is 5.56 Å². The number of carbonyl (C=O) groups excluding carboxylic acids is 3. The molecule has 10 heteroatoms. The summed E-state index contributed by atoms with van der Waals surface area (Å²) in [6.45, 7) is 0. The molecule has 126 valence electrons. The largest absolute Gasteiger partial charge is 0.436 e. The summed E-state index contributed by atoms with van der Waals surface area (Å²) >= 11 is 5.59. The van der Waals surface area contributed by atoms with Crippen LogP contribution in [0.25, 0.3) is 6.08 Å². The van der Waals surface area contributed by atoms with Crippen LogP contribution in [0.5, 0.6) is 11.6 Å². The summed E-state index contributed by atoms with van der Waals surface area (Å²) in [4.78, 5) is 41.5. The quantitative estimate of drug-likeness (QED) is 0.489. The van der Waals surface area contributed by atoms with Crippen molar-refractivity contribution in [3.8, 4) is 11.6 Å². The highest BCUT2D eigenvalue weighted by Crippen LogP contribution is 2.24. The fourth-order valence-electron chi connectivity index (χ4n) is 1.96. The van der Waals surface area contributed by atoms with Crippen molar-refractivity contribution in [2.45, 2.75) is 0 Å². The maximum atomic E-state index is 13.6. The zero-order valence-electron chi connectivity index (χ0n) is 12.2. The first-order valence-corrected chi connectivity index (χ1v) is 7.14. The molecule has 0 saturated carbocycles. The van der Waals surface area contributed by atoms with Crippen LogP contribution in [0.15, 0.2) is 36.0 Å². The van der Waals surface area contributed by atoms with E-state index in [9.17, 15) is 18.8 Å². The van der Waals surface area contributed by atoms with Gasteiger partial charge >= 0.3 is 6.03 Å². The molecule has 2 heterocycles. The van der Waals surface area contributed by atoms with Gasteiger partial charge in [0.25, 0.3) is 17.7 Å². The number of barbiturate groups is 1. The average Bonchev–Trinajstić information content (AvgIpc) is 2.55. The maximum Gasteiger partial charge on any atom is 0.328 e. The third-order valence-electron chi connectivity index (χ3n) is 3.01. The highest BCUT2D eigenvalue weighted by atomic mass is 35.5. The number of nitrogens with zero attached hydrogens (tertiary/aromatic N) is 2. The molecule has 1 aliphatic heterocycles. The van der Waals surface area contributed by atoms with Crippen molar-refractivity contribution in [1.82, 2.24) is 20.6 Å². The first-order valence-electron chi connectivity index (χ1n) is 6.76. The summed E-state index contributed by atoms with van der Waals surface area (Å²) in [5.74, 6) is -2.64. The molecule has 0 aliphatic carbocycles. The van der Waals surface area contributed by atoms with Gasteiger partial charge in [-0.15, -0.1) is 0 Å². The van der Waals surface area contributed by atoms with E-state index in [1.807, 2.05) is 10.6 Å². The number of ether oxygens (including phenoxy) is 1. The predicted molar refractivity (Wildman–Crippen MR) is 83.2 cm³/mol. The summed E-state index contributed by atoms with van der Waals surface area (Å²) in [7, 11) is 0.